The van der Waals surface area contributed by atoms with Crippen LogP contribution in [0.3, 0.4) is 0 Å². The maximum atomic E-state index is 14.4. The van der Waals surface area contributed by atoms with E-state index in [9.17, 15) is 67.1 Å². The average Bonchev–Trinajstić information content (AvgIpc) is 0.860. The molecule has 99 heavy (non-hydrogen) atoms. The Morgan fingerprint density at radius 1 is 0.465 bits per heavy atom. The van der Waals surface area contributed by atoms with Gasteiger partial charge >= 0.3 is 6.09 Å². The number of benzene rings is 3. The van der Waals surface area contributed by atoms with Gasteiger partial charge in [-0.3, -0.25) is 62.3 Å². The predicted octanol–water partition coefficient (Wildman–Crippen LogP) is 0.796. The number of alkyl carbamates (subject to hydrolysis) is 1. The number of ether oxygens (including phenoxy) is 2. The van der Waals surface area contributed by atoms with Crippen molar-refractivity contribution >= 4 is 94.7 Å². The quantitative estimate of drug-likeness (QED) is 0.0355. The summed E-state index contributed by atoms with van der Waals surface area (Å²) in [6.45, 7) is 19.5. The summed E-state index contributed by atoms with van der Waals surface area (Å²) < 4.78 is 11.1. The summed E-state index contributed by atoms with van der Waals surface area (Å²) in [5, 5.41) is 24.8. The van der Waals surface area contributed by atoms with E-state index in [1.165, 1.54) is 34.9 Å². The Kier molecular flexibility index (Phi) is 33.7. The lowest BCUT2D eigenvalue weighted by Gasteiger charge is -2.31. The molecule has 10 atom stereocenters. The first-order valence-corrected chi connectivity index (χ1v) is 33.1. The second-order valence-corrected chi connectivity index (χ2v) is 27.4. The van der Waals surface area contributed by atoms with Crippen LogP contribution in [0.5, 0.6) is 0 Å². The highest BCUT2D eigenvalue weighted by Crippen LogP contribution is 2.16. The number of amides is 13. The van der Waals surface area contributed by atoms with E-state index in [1.807, 2.05) is 0 Å². The first-order valence-electron chi connectivity index (χ1n) is 32.6. The van der Waals surface area contributed by atoms with Crippen LogP contribution in [0, 0.1) is 11.8 Å². The topological polar surface area (TPSA) is 410 Å². The van der Waals surface area contributed by atoms with E-state index in [2.05, 4.69) is 65.8 Å². The number of likely N-dealkylation sites (N-methyl/N-ethyl adjacent to an activating group) is 2. The molecule has 0 aliphatic heterocycles. The number of nitrogens with two attached hydrogens (primary N) is 1. The molecule has 0 bridgehead atoms. The van der Waals surface area contributed by atoms with Gasteiger partial charge in [-0.15, -0.1) is 12.6 Å². The summed E-state index contributed by atoms with van der Waals surface area (Å²) in [7, 11) is 2.59. The fraction of sp³-hybridized carbons (Fsp3) is 0.536. The Morgan fingerprint density at radius 2 is 0.929 bits per heavy atom. The lowest BCUT2D eigenvalue weighted by atomic mass is 10.00. The molecule has 0 radical (unpaired) electrons. The van der Waals surface area contributed by atoms with Crippen LogP contribution in [-0.4, -0.2) is 197 Å². The van der Waals surface area contributed by atoms with E-state index in [1.54, 1.807) is 160 Å². The summed E-state index contributed by atoms with van der Waals surface area (Å²) in [5.74, 6) is -10.7. The molecule has 12 N–H and O–H groups in total. The van der Waals surface area contributed by atoms with Gasteiger partial charge in [0.05, 0.1) is 25.3 Å². The number of hydrogen-bond acceptors (Lipinski definition) is 16. The van der Waals surface area contributed by atoms with Crippen LogP contribution >= 0.6 is 12.6 Å². The van der Waals surface area contributed by atoms with Crippen molar-refractivity contribution in [2.75, 3.05) is 33.8 Å². The minimum Gasteiger partial charge on any atom is -0.444 e. The second-order valence-electron chi connectivity index (χ2n) is 26.9. The molecule has 0 aliphatic carbocycles. The van der Waals surface area contributed by atoms with Gasteiger partial charge in [-0.2, -0.15) is 0 Å². The lowest BCUT2D eigenvalue weighted by Crippen LogP contribution is -2.61. The van der Waals surface area contributed by atoms with E-state index < -0.39 is 179 Å². The number of carbonyl (C=O) groups is 14. The van der Waals surface area contributed by atoms with E-state index >= 15 is 0 Å². The van der Waals surface area contributed by atoms with Crippen LogP contribution < -0.4 is 58.9 Å². The normalized spacial score (nSPS) is 14.4. The molecule has 0 unspecified atom stereocenters. The molecule has 544 valence electrons. The predicted molar refractivity (Wildman–Crippen MR) is 371 cm³/mol. The summed E-state index contributed by atoms with van der Waals surface area (Å²) in [4.78, 5) is 192. The molecular formula is C69H101N13O16S. The van der Waals surface area contributed by atoms with Crippen molar-refractivity contribution in [1.29, 1.82) is 0 Å². The van der Waals surface area contributed by atoms with Gasteiger partial charge in [-0.25, -0.2) is 4.79 Å². The van der Waals surface area contributed by atoms with Gasteiger partial charge in [-0.05, 0) is 97.3 Å². The van der Waals surface area contributed by atoms with Crippen LogP contribution in [0.15, 0.2) is 91.0 Å². The van der Waals surface area contributed by atoms with Crippen molar-refractivity contribution in [3.05, 3.63) is 108 Å². The van der Waals surface area contributed by atoms with Gasteiger partial charge in [-0.1, -0.05) is 119 Å². The highest BCUT2D eigenvalue weighted by molar-refractivity contribution is 7.96. The number of primary amides is 1. The fourth-order valence-corrected chi connectivity index (χ4v) is 9.88. The molecule has 3 aromatic rings. The number of hydrogen-bond donors (Lipinski definition) is 12. The van der Waals surface area contributed by atoms with Gasteiger partial charge in [0.15, 0.2) is 5.12 Å². The van der Waals surface area contributed by atoms with Crippen molar-refractivity contribution in [3.63, 3.8) is 0 Å². The summed E-state index contributed by atoms with van der Waals surface area (Å²) in [6, 6.07) is 12.6. The zero-order valence-corrected chi connectivity index (χ0v) is 60.1. The van der Waals surface area contributed by atoms with Gasteiger partial charge in [0.2, 0.25) is 70.9 Å². The zero-order valence-electron chi connectivity index (χ0n) is 59.2. The molecule has 0 fully saturated rings. The lowest BCUT2D eigenvalue weighted by molar-refractivity contribution is -0.143. The van der Waals surface area contributed by atoms with Crippen LogP contribution in [-0.2, 0) is 91.1 Å². The smallest absolute Gasteiger partial charge is 0.408 e. The van der Waals surface area contributed by atoms with Crippen molar-refractivity contribution < 1.29 is 76.6 Å². The van der Waals surface area contributed by atoms with E-state index in [-0.39, 0.29) is 38.2 Å². The maximum absolute atomic E-state index is 14.4. The van der Waals surface area contributed by atoms with E-state index in [0.29, 0.717) is 16.7 Å². The number of nitrogens with one attached hydrogen (secondary N) is 10. The number of nitrogens with zero attached hydrogens (tertiary/aromatic N) is 2. The van der Waals surface area contributed by atoms with E-state index in [0.717, 1.165) is 9.80 Å². The Labute approximate surface area is 584 Å². The van der Waals surface area contributed by atoms with Gasteiger partial charge < -0.3 is 78.2 Å². The molecule has 13 amide bonds. The Hall–Kier alpha value is -9.45. The van der Waals surface area contributed by atoms with Crippen molar-refractivity contribution in [1.82, 2.24) is 63.0 Å². The average molecular weight is 1400 g/mol. The number of thiol groups is 1. The summed E-state index contributed by atoms with van der Waals surface area (Å²) in [6.07, 6.45) is -1.60. The molecule has 0 aromatic heterocycles. The van der Waals surface area contributed by atoms with Gasteiger partial charge in [0.25, 0.3) is 0 Å². The van der Waals surface area contributed by atoms with Crippen molar-refractivity contribution in [2.45, 2.75) is 194 Å². The zero-order chi connectivity index (χ0) is 74.6. The summed E-state index contributed by atoms with van der Waals surface area (Å²) in [5.41, 5.74) is 5.47. The molecule has 0 saturated carbocycles. The molecular weight excluding hydrogens is 1300 g/mol. The molecule has 0 aliphatic rings. The minimum atomic E-state index is -1.66. The summed E-state index contributed by atoms with van der Waals surface area (Å²) >= 11 is 3.86. The SMILES string of the molecule is CC(C)C[C@H](NC(=O)CNC(=O)[C@H](Cc1ccccc1)N(C)C(=O)[C@H](C)NC(=O)[C@H](Cc1ccccc1)NC(=O)OC(C)(C)C)C(=O)N[C@@H](C)C(=O)N[C@H](C(=O)N[C@@H](Cc1ccccc1)C(=O)N[C@@H](CC(=O)S)C(=O)N(C)[C@@H](C)C(=O)N[C@@H](COC(C)(C)C)C(=O)NCC(N)=O)C(C)C. The van der Waals surface area contributed by atoms with Crippen LogP contribution in [0.2, 0.25) is 0 Å². The third-order valence-corrected chi connectivity index (χ3v) is 15.3. The molecule has 30 heteroatoms. The minimum absolute atomic E-state index is 0.0223. The standard InChI is InChI=1S/C69H101N13O16S/c1-39(2)31-47(75-54(84)37-72-63(92)52(34-46-29-23-18-24-30-46)82(15)65(94)42(6)74-61(90)49(33-45-27-21-17-22-28-45)79-67(96)98-69(11,12)13)60(89)73-41(5)57(86)80-56(40(3)4)64(93)76-48(32-44-25-19-16-20-26-44)62(91)77-50(35-55(85)99)66(95)81(14)43(7)58(87)78-51(38-97-68(8,9)10)59(88)71-36-53(70)83/h16-30,39-43,47-52,56H,31-38H2,1-15H3,(H2,70,83)(H,71,88)(H,72,92)(H,73,89)(H,74,90)(H,75,84)(H,76,93)(H,77,91)(H,78,87)(H,79,96)(H,80,86)(H,85,99)/t41-,42-,43-,47-,48-,49-,50-,51-,52-,56-/m0/s1. The largest absolute Gasteiger partial charge is 0.444 e. The number of carbonyl (C=O) groups excluding carboxylic acids is 14. The highest BCUT2D eigenvalue weighted by Gasteiger charge is 2.38. The molecule has 0 saturated heterocycles. The number of rotatable bonds is 37. The molecule has 0 heterocycles. The Morgan fingerprint density at radius 3 is 1.41 bits per heavy atom. The third kappa shape index (κ3) is 30.5. The monoisotopic (exact) mass is 1400 g/mol. The first-order chi connectivity index (χ1) is 46.2. The van der Waals surface area contributed by atoms with E-state index in [4.69, 9.17) is 15.2 Å². The molecule has 3 rings (SSSR count). The Balaban J connectivity index is 1.78. The van der Waals surface area contributed by atoms with Crippen LogP contribution in [0.1, 0.15) is 120 Å². The van der Waals surface area contributed by atoms with Crippen LogP contribution in [0.4, 0.5) is 4.79 Å². The first kappa shape index (κ1) is 83.8. The fourth-order valence-electron chi connectivity index (χ4n) is 9.70. The maximum Gasteiger partial charge on any atom is 0.408 e. The Bertz CT molecular complexity index is 3280. The van der Waals surface area contributed by atoms with Gasteiger partial charge in [0, 0.05) is 39.8 Å². The second kappa shape index (κ2) is 39.8. The molecule has 0 spiro atoms. The van der Waals surface area contributed by atoms with Gasteiger partial charge in [0.1, 0.15) is 66.0 Å². The van der Waals surface area contributed by atoms with Crippen molar-refractivity contribution in [2.24, 2.45) is 17.6 Å². The van der Waals surface area contributed by atoms with Crippen LogP contribution in [0.25, 0.3) is 0 Å². The van der Waals surface area contributed by atoms with Crippen molar-refractivity contribution in [3.8, 4) is 0 Å². The third-order valence-electron chi connectivity index (χ3n) is 15.2. The molecule has 29 nitrogen and oxygen atoms in total. The molecule has 3 aromatic carbocycles. The highest BCUT2D eigenvalue weighted by atomic mass is 32.1.